The van der Waals surface area contributed by atoms with Gasteiger partial charge in [-0.1, -0.05) is 0 Å². The van der Waals surface area contributed by atoms with E-state index in [-0.39, 0.29) is 12.5 Å². The van der Waals surface area contributed by atoms with Gasteiger partial charge in [-0.2, -0.15) is 5.26 Å². The first-order valence-corrected chi connectivity index (χ1v) is 5.69. The Morgan fingerprint density at radius 3 is 2.89 bits per heavy atom. The zero-order valence-electron chi connectivity index (χ0n) is 10.6. The summed E-state index contributed by atoms with van der Waals surface area (Å²) < 4.78 is 5.15. The number of nitriles is 1. The van der Waals surface area contributed by atoms with Gasteiger partial charge in [-0.3, -0.25) is 4.79 Å². The maximum Gasteiger partial charge on any atom is 0.239 e. The van der Waals surface area contributed by atoms with Crippen molar-refractivity contribution >= 4 is 11.6 Å². The number of hydrogen-bond donors (Lipinski definition) is 2. The van der Waals surface area contributed by atoms with Crippen molar-refractivity contribution in [2.75, 3.05) is 25.5 Å². The molecule has 96 valence electrons. The molecule has 0 radical (unpaired) electrons. The van der Waals surface area contributed by atoms with Gasteiger partial charge >= 0.3 is 0 Å². The quantitative estimate of drug-likeness (QED) is 0.746. The molecule has 1 aromatic rings. The van der Waals surface area contributed by atoms with E-state index in [1.165, 1.54) is 0 Å². The molecule has 0 saturated carbocycles. The van der Waals surface area contributed by atoms with Gasteiger partial charge in [0.1, 0.15) is 5.75 Å². The van der Waals surface area contributed by atoms with E-state index in [9.17, 15) is 4.79 Å². The van der Waals surface area contributed by atoms with Crippen LogP contribution in [0, 0.1) is 18.3 Å². The highest BCUT2D eigenvalue weighted by molar-refractivity contribution is 5.80. The summed E-state index contributed by atoms with van der Waals surface area (Å²) in [5.74, 6) is 0.692. The first-order chi connectivity index (χ1) is 8.67. The Hall–Kier alpha value is -2.22. The van der Waals surface area contributed by atoms with E-state index in [0.717, 1.165) is 17.0 Å². The van der Waals surface area contributed by atoms with Crippen LogP contribution >= 0.6 is 0 Å². The van der Waals surface area contributed by atoms with E-state index >= 15 is 0 Å². The molecule has 1 rings (SSSR count). The van der Waals surface area contributed by atoms with E-state index in [2.05, 4.69) is 10.6 Å². The summed E-state index contributed by atoms with van der Waals surface area (Å²) in [7, 11) is 1.62. The van der Waals surface area contributed by atoms with Crippen molar-refractivity contribution in [1.82, 2.24) is 5.32 Å². The third-order valence-corrected chi connectivity index (χ3v) is 2.41. The lowest BCUT2D eigenvalue weighted by Gasteiger charge is -2.09. The third-order valence-electron chi connectivity index (χ3n) is 2.41. The van der Waals surface area contributed by atoms with Crippen molar-refractivity contribution in [2.45, 2.75) is 13.3 Å². The normalized spacial score (nSPS) is 9.39. The molecule has 1 aromatic carbocycles. The lowest BCUT2D eigenvalue weighted by molar-refractivity contribution is -0.119. The number of benzene rings is 1. The molecule has 0 aliphatic heterocycles. The van der Waals surface area contributed by atoms with Gasteiger partial charge < -0.3 is 15.4 Å². The zero-order valence-corrected chi connectivity index (χ0v) is 10.6. The average molecular weight is 247 g/mol. The summed E-state index contributed by atoms with van der Waals surface area (Å²) >= 11 is 0. The lowest BCUT2D eigenvalue weighted by atomic mass is 10.2. The molecule has 18 heavy (non-hydrogen) atoms. The van der Waals surface area contributed by atoms with Crippen molar-refractivity contribution in [2.24, 2.45) is 0 Å². The summed E-state index contributed by atoms with van der Waals surface area (Å²) in [6, 6.07) is 7.59. The molecule has 1 amide bonds. The van der Waals surface area contributed by atoms with Crippen LogP contribution in [0.1, 0.15) is 12.0 Å². The van der Waals surface area contributed by atoms with Crippen LogP contribution in [-0.2, 0) is 4.79 Å². The molecule has 0 atom stereocenters. The summed E-state index contributed by atoms with van der Waals surface area (Å²) in [5.41, 5.74) is 1.87. The molecule has 0 spiro atoms. The number of methoxy groups -OCH3 is 1. The predicted molar refractivity (Wildman–Crippen MR) is 69.5 cm³/mol. The number of nitrogens with one attached hydrogen (secondary N) is 2. The minimum absolute atomic E-state index is 0.126. The predicted octanol–water partition coefficient (Wildman–Crippen LogP) is 1.45. The molecule has 0 unspecified atom stereocenters. The van der Waals surface area contributed by atoms with E-state index in [1.54, 1.807) is 7.11 Å². The fourth-order valence-electron chi connectivity index (χ4n) is 1.49. The van der Waals surface area contributed by atoms with Gasteiger partial charge in [-0.15, -0.1) is 0 Å². The third kappa shape index (κ3) is 4.34. The number of aryl methyl sites for hydroxylation is 1. The number of anilines is 1. The molecule has 0 aromatic heterocycles. The van der Waals surface area contributed by atoms with E-state index in [0.29, 0.717) is 13.0 Å². The molecule has 0 heterocycles. The molecule has 0 saturated heterocycles. The number of rotatable bonds is 6. The van der Waals surface area contributed by atoms with E-state index in [1.807, 2.05) is 31.2 Å². The smallest absolute Gasteiger partial charge is 0.239 e. The molecular weight excluding hydrogens is 230 g/mol. The molecular formula is C13H17N3O2. The van der Waals surface area contributed by atoms with Crippen LogP contribution in [-0.4, -0.2) is 26.1 Å². The van der Waals surface area contributed by atoms with E-state index in [4.69, 9.17) is 10.00 Å². The fourth-order valence-corrected chi connectivity index (χ4v) is 1.49. The number of hydrogen-bond acceptors (Lipinski definition) is 4. The number of amides is 1. The number of nitrogens with zero attached hydrogens (tertiary/aromatic N) is 1. The molecule has 5 nitrogen and oxygen atoms in total. The molecule has 5 heteroatoms. The van der Waals surface area contributed by atoms with Gasteiger partial charge in [-0.05, 0) is 30.7 Å². The SMILES string of the molecule is COc1ccc(NCC(=O)NCCC#N)cc1C. The van der Waals surface area contributed by atoms with Gasteiger partial charge in [-0.25, -0.2) is 0 Å². The second-order valence-corrected chi connectivity index (χ2v) is 3.80. The van der Waals surface area contributed by atoms with Gasteiger partial charge in [0.25, 0.3) is 0 Å². The minimum atomic E-state index is -0.126. The summed E-state index contributed by atoms with van der Waals surface area (Å²) in [6.07, 6.45) is 0.327. The summed E-state index contributed by atoms with van der Waals surface area (Å²) in [5, 5.41) is 14.0. The molecule has 0 bridgehead atoms. The van der Waals surface area contributed by atoms with Crippen LogP contribution in [0.3, 0.4) is 0 Å². The van der Waals surface area contributed by atoms with Gasteiger partial charge in [0, 0.05) is 12.2 Å². The first kappa shape index (κ1) is 13.8. The largest absolute Gasteiger partial charge is 0.496 e. The highest BCUT2D eigenvalue weighted by Crippen LogP contribution is 2.20. The molecule has 0 aliphatic carbocycles. The first-order valence-electron chi connectivity index (χ1n) is 5.69. The number of carbonyl (C=O) groups is 1. The highest BCUT2D eigenvalue weighted by Gasteiger charge is 2.02. The molecule has 0 aliphatic rings. The van der Waals surface area contributed by atoms with Gasteiger partial charge in [0.15, 0.2) is 0 Å². The van der Waals surface area contributed by atoms with Crippen LogP contribution in [0.25, 0.3) is 0 Å². The Balaban J connectivity index is 2.42. The second-order valence-electron chi connectivity index (χ2n) is 3.80. The topological polar surface area (TPSA) is 74.2 Å². The minimum Gasteiger partial charge on any atom is -0.496 e. The van der Waals surface area contributed by atoms with Gasteiger partial charge in [0.2, 0.25) is 5.91 Å². The Labute approximate surface area is 107 Å². The monoisotopic (exact) mass is 247 g/mol. The van der Waals surface area contributed by atoms with Crippen molar-refractivity contribution < 1.29 is 9.53 Å². The maximum absolute atomic E-state index is 11.4. The highest BCUT2D eigenvalue weighted by atomic mass is 16.5. The summed E-state index contributed by atoms with van der Waals surface area (Å²) in [6.45, 7) is 2.52. The molecule has 2 N–H and O–H groups in total. The molecule has 0 fully saturated rings. The Morgan fingerprint density at radius 1 is 1.50 bits per heavy atom. The Morgan fingerprint density at radius 2 is 2.28 bits per heavy atom. The van der Waals surface area contributed by atoms with Gasteiger partial charge in [0.05, 0.1) is 26.1 Å². The maximum atomic E-state index is 11.4. The van der Waals surface area contributed by atoms with Crippen molar-refractivity contribution in [3.63, 3.8) is 0 Å². The second kappa shape index (κ2) is 7.17. The average Bonchev–Trinajstić information content (AvgIpc) is 2.37. The lowest BCUT2D eigenvalue weighted by Crippen LogP contribution is -2.30. The van der Waals surface area contributed by atoms with Crippen molar-refractivity contribution in [3.8, 4) is 11.8 Å². The number of ether oxygens (including phenoxy) is 1. The van der Waals surface area contributed by atoms with Crippen molar-refractivity contribution in [1.29, 1.82) is 5.26 Å². The Bertz CT molecular complexity index is 452. The van der Waals surface area contributed by atoms with Crippen LogP contribution in [0.2, 0.25) is 0 Å². The standard InChI is InChI=1S/C13H17N3O2/c1-10-8-11(4-5-12(10)18-2)16-9-13(17)15-7-3-6-14/h4-5,8,16H,3,7,9H2,1-2H3,(H,15,17). The van der Waals surface area contributed by atoms with Crippen molar-refractivity contribution in [3.05, 3.63) is 23.8 Å². The summed E-state index contributed by atoms with van der Waals surface area (Å²) in [4.78, 5) is 11.4. The van der Waals surface area contributed by atoms with Crippen LogP contribution in [0.5, 0.6) is 5.75 Å². The fraction of sp³-hybridized carbons (Fsp3) is 0.385. The zero-order chi connectivity index (χ0) is 13.4. The van der Waals surface area contributed by atoms with Crippen LogP contribution < -0.4 is 15.4 Å². The van der Waals surface area contributed by atoms with Crippen LogP contribution in [0.4, 0.5) is 5.69 Å². The number of carbonyl (C=O) groups excluding carboxylic acids is 1. The van der Waals surface area contributed by atoms with E-state index < -0.39 is 0 Å². The van der Waals surface area contributed by atoms with Crippen LogP contribution in [0.15, 0.2) is 18.2 Å². The Kier molecular flexibility index (Phi) is 5.52.